The molecule has 1 aromatic carbocycles. The van der Waals surface area contributed by atoms with Crippen LogP contribution in [0.1, 0.15) is 6.92 Å². The van der Waals surface area contributed by atoms with Gasteiger partial charge in [-0.15, -0.1) is 10.2 Å². The molecule has 2 amide bonds. The van der Waals surface area contributed by atoms with Gasteiger partial charge in [0.15, 0.2) is 16.7 Å². The van der Waals surface area contributed by atoms with E-state index in [1.165, 1.54) is 11.8 Å². The third-order valence-electron chi connectivity index (χ3n) is 3.38. The third-order valence-corrected chi connectivity index (χ3v) is 4.36. The van der Waals surface area contributed by atoms with E-state index < -0.39 is 12.0 Å². The van der Waals surface area contributed by atoms with E-state index in [0.717, 1.165) is 0 Å². The average Bonchev–Trinajstić information content (AvgIpc) is 3.11. The maximum absolute atomic E-state index is 12.1. The summed E-state index contributed by atoms with van der Waals surface area (Å²) in [5.74, 6) is 0.344. The molecule has 0 unspecified atom stereocenters. The molecule has 0 saturated carbocycles. The van der Waals surface area contributed by atoms with Crippen LogP contribution in [-0.4, -0.2) is 45.0 Å². The number of fused-ring (bicyclic) bond motifs is 1. The van der Waals surface area contributed by atoms with Crippen LogP contribution < -0.4 is 20.3 Å². The highest BCUT2D eigenvalue weighted by Gasteiger charge is 2.27. The Bertz CT molecular complexity index is 766. The average molecular weight is 363 g/mol. The van der Waals surface area contributed by atoms with Crippen LogP contribution in [0.4, 0.5) is 0 Å². The molecule has 3 rings (SSSR count). The molecule has 0 fully saturated rings. The monoisotopic (exact) mass is 363 g/mol. The number of carbonyl (C=O) groups is 2. The smallest absolute Gasteiger partial charge is 0.283 e. The Hall–Kier alpha value is -2.75. The van der Waals surface area contributed by atoms with Crippen LogP contribution in [0.3, 0.4) is 0 Å². The summed E-state index contributed by atoms with van der Waals surface area (Å²) >= 11 is 1.23. The van der Waals surface area contributed by atoms with Gasteiger partial charge < -0.3 is 14.0 Å². The summed E-state index contributed by atoms with van der Waals surface area (Å²) in [6.45, 7) is 2.75. The van der Waals surface area contributed by atoms with Crippen molar-refractivity contribution < 1.29 is 19.1 Å². The first-order valence-electron chi connectivity index (χ1n) is 7.65. The summed E-state index contributed by atoms with van der Waals surface area (Å²) in [4.78, 5) is 23.9. The number of para-hydroxylation sites is 2. The van der Waals surface area contributed by atoms with E-state index in [9.17, 15) is 9.59 Å². The summed E-state index contributed by atoms with van der Waals surface area (Å²) < 4.78 is 12.8. The van der Waals surface area contributed by atoms with Gasteiger partial charge >= 0.3 is 0 Å². The summed E-state index contributed by atoms with van der Waals surface area (Å²) in [7, 11) is 0. The SMILES string of the molecule is CCn1cnnc1SCC(=O)NNC(=O)[C@H]1COc2ccccc2O1. The highest BCUT2D eigenvalue weighted by molar-refractivity contribution is 7.99. The van der Waals surface area contributed by atoms with Gasteiger partial charge in [0.1, 0.15) is 12.9 Å². The van der Waals surface area contributed by atoms with Gasteiger partial charge in [0.2, 0.25) is 12.0 Å². The zero-order valence-electron chi connectivity index (χ0n) is 13.5. The molecule has 2 aromatic rings. The number of aryl methyl sites for hydroxylation is 1. The lowest BCUT2D eigenvalue weighted by atomic mass is 10.2. The number of carbonyl (C=O) groups excluding carboxylic acids is 2. The van der Waals surface area contributed by atoms with E-state index in [1.807, 2.05) is 17.6 Å². The second-order valence-corrected chi connectivity index (χ2v) is 6.03. The van der Waals surface area contributed by atoms with E-state index in [2.05, 4.69) is 21.0 Å². The Labute approximate surface area is 148 Å². The van der Waals surface area contributed by atoms with Crippen LogP contribution in [0.2, 0.25) is 0 Å². The normalized spacial score (nSPS) is 15.5. The van der Waals surface area contributed by atoms with Gasteiger partial charge in [0, 0.05) is 6.54 Å². The number of ether oxygens (including phenoxy) is 2. The molecule has 1 atom stereocenters. The maximum atomic E-state index is 12.1. The topological polar surface area (TPSA) is 107 Å². The molecule has 10 heteroatoms. The predicted octanol–water partition coefficient (Wildman–Crippen LogP) is 0.378. The van der Waals surface area contributed by atoms with Crippen LogP contribution in [0, 0.1) is 0 Å². The Kier molecular flexibility index (Phi) is 5.39. The molecule has 0 radical (unpaired) electrons. The summed E-state index contributed by atoms with van der Waals surface area (Å²) in [6.07, 6.45) is 0.770. The van der Waals surface area contributed by atoms with Crippen LogP contribution in [-0.2, 0) is 16.1 Å². The van der Waals surface area contributed by atoms with Crippen LogP contribution in [0.25, 0.3) is 0 Å². The van der Waals surface area contributed by atoms with Crippen molar-refractivity contribution in [1.82, 2.24) is 25.6 Å². The Morgan fingerprint density at radius 2 is 2.12 bits per heavy atom. The van der Waals surface area contributed by atoms with Crippen LogP contribution >= 0.6 is 11.8 Å². The number of hydrogen-bond donors (Lipinski definition) is 2. The van der Waals surface area contributed by atoms with Gasteiger partial charge in [-0.2, -0.15) is 0 Å². The van der Waals surface area contributed by atoms with Crippen molar-refractivity contribution in [3.63, 3.8) is 0 Å². The minimum absolute atomic E-state index is 0.0765. The number of hydrogen-bond acceptors (Lipinski definition) is 7. The molecule has 1 aromatic heterocycles. The molecule has 0 aliphatic carbocycles. The molecule has 0 spiro atoms. The Morgan fingerprint density at radius 1 is 1.32 bits per heavy atom. The van der Waals surface area contributed by atoms with Crippen molar-refractivity contribution in [2.45, 2.75) is 24.7 Å². The van der Waals surface area contributed by atoms with Gasteiger partial charge in [-0.25, -0.2) is 0 Å². The van der Waals surface area contributed by atoms with Crippen molar-refractivity contribution in [3.05, 3.63) is 30.6 Å². The van der Waals surface area contributed by atoms with Crippen molar-refractivity contribution in [2.24, 2.45) is 0 Å². The largest absolute Gasteiger partial charge is 0.485 e. The van der Waals surface area contributed by atoms with Gasteiger partial charge in [0.05, 0.1) is 5.75 Å². The Balaban J connectivity index is 1.44. The van der Waals surface area contributed by atoms with E-state index in [4.69, 9.17) is 9.47 Å². The second-order valence-electron chi connectivity index (χ2n) is 5.09. The number of hydrazine groups is 1. The third kappa shape index (κ3) is 4.21. The molecular weight excluding hydrogens is 346 g/mol. The fourth-order valence-corrected chi connectivity index (χ4v) is 2.88. The molecule has 25 heavy (non-hydrogen) atoms. The first kappa shape index (κ1) is 17.1. The van der Waals surface area contributed by atoms with Gasteiger partial charge in [-0.05, 0) is 19.1 Å². The number of benzene rings is 1. The lowest BCUT2D eigenvalue weighted by Crippen LogP contribution is -2.51. The highest BCUT2D eigenvalue weighted by Crippen LogP contribution is 2.30. The zero-order chi connectivity index (χ0) is 17.6. The van der Waals surface area contributed by atoms with Crippen LogP contribution in [0.5, 0.6) is 11.5 Å². The van der Waals surface area contributed by atoms with E-state index >= 15 is 0 Å². The van der Waals surface area contributed by atoms with Crippen molar-refractivity contribution in [1.29, 1.82) is 0 Å². The number of thioether (sulfide) groups is 1. The predicted molar refractivity (Wildman–Crippen MR) is 89.1 cm³/mol. The molecule has 0 bridgehead atoms. The van der Waals surface area contributed by atoms with E-state index in [1.54, 1.807) is 24.5 Å². The van der Waals surface area contributed by atoms with Gasteiger partial charge in [-0.1, -0.05) is 23.9 Å². The van der Waals surface area contributed by atoms with Crippen molar-refractivity contribution >= 4 is 23.6 Å². The second kappa shape index (κ2) is 7.88. The molecular formula is C15H17N5O4S. The quantitative estimate of drug-likeness (QED) is 0.584. The lowest BCUT2D eigenvalue weighted by Gasteiger charge is -2.25. The summed E-state index contributed by atoms with van der Waals surface area (Å²) in [6, 6.07) is 7.09. The molecule has 132 valence electrons. The first-order chi connectivity index (χ1) is 12.2. The fraction of sp³-hybridized carbons (Fsp3) is 0.333. The molecule has 1 aliphatic heterocycles. The standard InChI is InChI=1S/C15H17N5O4S/c1-2-20-9-16-19-15(20)25-8-13(21)17-18-14(22)12-7-23-10-5-3-4-6-11(10)24-12/h3-6,9,12H,2,7-8H2,1H3,(H,17,21)(H,18,22)/t12-/m1/s1. The van der Waals surface area contributed by atoms with Crippen molar-refractivity contribution in [2.75, 3.05) is 12.4 Å². The van der Waals surface area contributed by atoms with Crippen molar-refractivity contribution in [3.8, 4) is 11.5 Å². The number of amides is 2. The van der Waals surface area contributed by atoms with E-state index in [-0.39, 0.29) is 18.3 Å². The van der Waals surface area contributed by atoms with E-state index in [0.29, 0.717) is 23.2 Å². The summed E-state index contributed by atoms with van der Waals surface area (Å²) in [5, 5.41) is 8.35. The van der Waals surface area contributed by atoms with Crippen LogP contribution in [0.15, 0.2) is 35.7 Å². The summed E-state index contributed by atoms with van der Waals surface area (Å²) in [5.41, 5.74) is 4.69. The minimum Gasteiger partial charge on any atom is -0.485 e. The lowest BCUT2D eigenvalue weighted by molar-refractivity contribution is -0.134. The van der Waals surface area contributed by atoms with Gasteiger partial charge in [0.25, 0.3) is 5.91 Å². The number of rotatable bonds is 5. The first-order valence-corrected chi connectivity index (χ1v) is 8.63. The van der Waals surface area contributed by atoms with Gasteiger partial charge in [-0.3, -0.25) is 20.4 Å². The molecule has 2 heterocycles. The fourth-order valence-electron chi connectivity index (χ4n) is 2.10. The molecule has 9 nitrogen and oxygen atoms in total. The molecule has 0 saturated heterocycles. The zero-order valence-corrected chi connectivity index (χ0v) is 14.3. The Morgan fingerprint density at radius 3 is 2.92 bits per heavy atom. The molecule has 2 N–H and O–H groups in total. The number of nitrogens with zero attached hydrogens (tertiary/aromatic N) is 3. The number of nitrogens with one attached hydrogen (secondary N) is 2. The minimum atomic E-state index is -0.828. The highest BCUT2D eigenvalue weighted by atomic mass is 32.2. The number of aromatic nitrogens is 3. The maximum Gasteiger partial charge on any atom is 0.283 e. The molecule has 1 aliphatic rings.